The number of thiophene rings is 1. The molecule has 0 unspecified atom stereocenters. The van der Waals surface area contributed by atoms with Gasteiger partial charge < -0.3 is 4.98 Å². The van der Waals surface area contributed by atoms with Crippen LogP contribution in [0.2, 0.25) is 0 Å². The van der Waals surface area contributed by atoms with Crippen LogP contribution in [0.3, 0.4) is 0 Å². The number of aryl methyl sites for hydroxylation is 1. The van der Waals surface area contributed by atoms with Gasteiger partial charge in [-0.1, -0.05) is 53.6 Å². The Bertz CT molecular complexity index is 1500. The second-order valence-corrected chi connectivity index (χ2v) is 8.57. The van der Waals surface area contributed by atoms with Crippen LogP contribution in [-0.4, -0.2) is 15.0 Å². The molecule has 0 amide bonds. The topological polar surface area (TPSA) is 38.7 Å². The average molecular weight is 648 g/mol. The van der Waals surface area contributed by atoms with E-state index in [0.29, 0.717) is 0 Å². The maximum atomic E-state index is 4.42. The zero-order chi connectivity index (χ0) is 23.2. The van der Waals surface area contributed by atoms with Gasteiger partial charge in [-0.2, -0.15) is 11.3 Å². The van der Waals surface area contributed by atoms with Gasteiger partial charge in [0.25, 0.3) is 0 Å². The van der Waals surface area contributed by atoms with Crippen LogP contribution in [0, 0.1) is 19.1 Å². The monoisotopic (exact) mass is 648 g/mol. The van der Waals surface area contributed by atoms with E-state index in [1.54, 1.807) is 17.7 Å². The number of hydrogen-bond acceptors (Lipinski definition) is 4. The van der Waals surface area contributed by atoms with E-state index in [9.17, 15) is 0 Å². The van der Waals surface area contributed by atoms with Crippen molar-refractivity contribution in [2.45, 2.75) is 6.92 Å². The van der Waals surface area contributed by atoms with Gasteiger partial charge in [-0.05, 0) is 30.1 Å². The summed E-state index contributed by atoms with van der Waals surface area (Å²) >= 11 is 1.66. The van der Waals surface area contributed by atoms with Gasteiger partial charge >= 0.3 is 0 Å². The van der Waals surface area contributed by atoms with Crippen LogP contribution in [0.25, 0.3) is 43.9 Å². The number of aromatic nitrogens is 3. The minimum atomic E-state index is 0. The Kier molecular flexibility index (Phi) is 8.27. The number of pyridine rings is 1. The molecule has 3 nitrogen and oxygen atoms in total. The van der Waals surface area contributed by atoms with Gasteiger partial charge in [0.15, 0.2) is 0 Å². The van der Waals surface area contributed by atoms with Crippen LogP contribution in [-0.2, 0) is 20.1 Å². The van der Waals surface area contributed by atoms with Gasteiger partial charge in [0.05, 0.1) is 5.52 Å². The number of hydrogen-bond donors (Lipinski definition) is 0. The van der Waals surface area contributed by atoms with Crippen LogP contribution in [0.15, 0.2) is 109 Å². The van der Waals surface area contributed by atoms with E-state index in [1.807, 2.05) is 85.1 Å². The Hall–Kier alpha value is -3.50. The van der Waals surface area contributed by atoms with Crippen molar-refractivity contribution >= 4 is 21.6 Å². The zero-order valence-electron chi connectivity index (χ0n) is 19.0. The van der Waals surface area contributed by atoms with Gasteiger partial charge in [0.2, 0.25) is 0 Å². The maximum absolute atomic E-state index is 4.42. The van der Waals surface area contributed by atoms with Crippen molar-refractivity contribution in [3.05, 3.63) is 127 Å². The summed E-state index contributed by atoms with van der Waals surface area (Å²) in [6.07, 6.45) is 1.61. The molecule has 0 saturated carbocycles. The normalized spacial score (nSPS) is 10.2. The van der Waals surface area contributed by atoms with Gasteiger partial charge in [-0.25, -0.2) is 4.98 Å². The average Bonchev–Trinajstić information content (AvgIpc) is 3.40. The first-order valence-corrected chi connectivity index (χ1v) is 11.8. The summed E-state index contributed by atoms with van der Waals surface area (Å²) in [5.74, 6) is 0. The first-order valence-electron chi connectivity index (χ1n) is 10.9. The van der Waals surface area contributed by atoms with Crippen molar-refractivity contribution in [1.29, 1.82) is 0 Å². The molecule has 0 bridgehead atoms. The Morgan fingerprint density at radius 3 is 2.31 bits per heavy atom. The SMILES string of the molecule is Cc1cccc(-c2[c-]cccc2)n1.[Ir].[c-]1cc(-c2ccccc2)ccc1-c1ncnc2ccsc12. The van der Waals surface area contributed by atoms with Crippen molar-refractivity contribution in [1.82, 2.24) is 15.0 Å². The van der Waals surface area contributed by atoms with Gasteiger partial charge in [0.1, 0.15) is 6.33 Å². The van der Waals surface area contributed by atoms with Gasteiger partial charge in [0, 0.05) is 36.2 Å². The fourth-order valence-electron chi connectivity index (χ4n) is 3.61. The number of rotatable bonds is 3. The molecule has 6 aromatic rings. The molecule has 0 aliphatic carbocycles. The van der Waals surface area contributed by atoms with Crippen molar-refractivity contribution in [2.75, 3.05) is 0 Å². The molecule has 0 atom stereocenters. The predicted octanol–water partition coefficient (Wildman–Crippen LogP) is 7.68. The molecule has 6 rings (SSSR count). The van der Waals surface area contributed by atoms with E-state index in [-0.39, 0.29) is 20.1 Å². The number of fused-ring (bicyclic) bond motifs is 1. The summed E-state index contributed by atoms with van der Waals surface area (Å²) in [4.78, 5) is 13.1. The van der Waals surface area contributed by atoms with E-state index in [2.05, 4.69) is 51.4 Å². The summed E-state index contributed by atoms with van der Waals surface area (Å²) in [6.45, 7) is 1.99. The van der Waals surface area contributed by atoms with E-state index >= 15 is 0 Å². The third-order valence-electron chi connectivity index (χ3n) is 5.29. The third-order valence-corrected chi connectivity index (χ3v) is 6.20. The minimum Gasteiger partial charge on any atom is -0.302 e. The molecule has 0 saturated heterocycles. The van der Waals surface area contributed by atoms with Crippen LogP contribution in [0.1, 0.15) is 5.69 Å². The standard InChI is InChI=1S/C18H11N2S.C12H10N.Ir/c1-2-4-13(5-3-1)14-6-8-15(9-7-14)17-18-16(10-11-21-18)19-12-20-17;1-10-6-5-9-12(13-10)11-7-3-2-4-8-11;/h1-8,10-12H;2-7,9H,1H3;/q2*-1;. The first-order chi connectivity index (χ1) is 16.8. The van der Waals surface area contributed by atoms with Crippen molar-refractivity contribution in [2.24, 2.45) is 0 Å². The molecule has 0 spiro atoms. The fraction of sp³-hybridized carbons (Fsp3) is 0.0333. The summed E-state index contributed by atoms with van der Waals surface area (Å²) in [5.41, 5.74) is 8.38. The number of nitrogens with zero attached hydrogens (tertiary/aromatic N) is 3. The Morgan fingerprint density at radius 1 is 0.714 bits per heavy atom. The van der Waals surface area contributed by atoms with E-state index in [0.717, 1.165) is 44.0 Å². The number of benzene rings is 3. The Balaban J connectivity index is 0.000000179. The molecule has 3 heterocycles. The van der Waals surface area contributed by atoms with Crippen LogP contribution in [0.4, 0.5) is 0 Å². The second-order valence-electron chi connectivity index (χ2n) is 7.65. The first kappa shape index (κ1) is 24.6. The molecule has 35 heavy (non-hydrogen) atoms. The summed E-state index contributed by atoms with van der Waals surface area (Å²) in [5, 5.41) is 2.04. The molecule has 3 aromatic heterocycles. The van der Waals surface area contributed by atoms with Crippen molar-refractivity contribution < 1.29 is 20.1 Å². The van der Waals surface area contributed by atoms with E-state index in [1.165, 1.54) is 5.56 Å². The summed E-state index contributed by atoms with van der Waals surface area (Å²) < 4.78 is 1.11. The Morgan fingerprint density at radius 2 is 1.57 bits per heavy atom. The molecule has 0 N–H and O–H groups in total. The van der Waals surface area contributed by atoms with Crippen LogP contribution < -0.4 is 0 Å². The maximum Gasteiger partial charge on any atom is 0.106 e. The smallest absolute Gasteiger partial charge is 0.106 e. The van der Waals surface area contributed by atoms with E-state index < -0.39 is 0 Å². The van der Waals surface area contributed by atoms with Crippen LogP contribution >= 0.6 is 11.3 Å². The molecule has 173 valence electrons. The molecular formula is C30H21IrN3S-2. The fourth-order valence-corrected chi connectivity index (χ4v) is 4.46. The molecule has 0 fully saturated rings. The largest absolute Gasteiger partial charge is 0.302 e. The molecule has 1 radical (unpaired) electrons. The van der Waals surface area contributed by atoms with Crippen molar-refractivity contribution in [3.8, 4) is 33.6 Å². The predicted molar refractivity (Wildman–Crippen MR) is 140 cm³/mol. The third kappa shape index (κ3) is 5.95. The van der Waals surface area contributed by atoms with Gasteiger partial charge in [-0.3, -0.25) is 4.98 Å². The Labute approximate surface area is 222 Å². The molecule has 5 heteroatoms. The summed E-state index contributed by atoms with van der Waals surface area (Å²) in [6, 6.07) is 38.9. The zero-order valence-corrected chi connectivity index (χ0v) is 22.2. The molecular weight excluding hydrogens is 627 g/mol. The quantitative estimate of drug-likeness (QED) is 0.185. The van der Waals surface area contributed by atoms with E-state index in [4.69, 9.17) is 0 Å². The second kappa shape index (κ2) is 11.8. The van der Waals surface area contributed by atoms with Crippen LogP contribution in [0.5, 0.6) is 0 Å². The van der Waals surface area contributed by atoms with Gasteiger partial charge in [-0.15, -0.1) is 65.7 Å². The molecule has 0 aliphatic heterocycles. The molecule has 0 aliphatic rings. The molecule has 3 aromatic carbocycles. The van der Waals surface area contributed by atoms with Crippen molar-refractivity contribution in [3.63, 3.8) is 0 Å². The summed E-state index contributed by atoms with van der Waals surface area (Å²) in [7, 11) is 0. The minimum absolute atomic E-state index is 0.